The van der Waals surface area contributed by atoms with Crippen LogP contribution in [0.25, 0.3) is 0 Å². The summed E-state index contributed by atoms with van der Waals surface area (Å²) in [6.07, 6.45) is 1.06. The van der Waals surface area contributed by atoms with E-state index < -0.39 is 0 Å². The number of hydrogen-bond acceptors (Lipinski definition) is 3. The molecule has 3 aromatic rings. The third-order valence-electron chi connectivity index (χ3n) is 5.87. The van der Waals surface area contributed by atoms with E-state index in [2.05, 4.69) is 94.7 Å². The lowest BCUT2D eigenvalue weighted by atomic mass is 10.1. The second-order valence-corrected chi connectivity index (χ2v) is 8.16. The van der Waals surface area contributed by atoms with Crippen LogP contribution in [-0.2, 0) is 24.4 Å². The zero-order valence-corrected chi connectivity index (χ0v) is 17.7. The van der Waals surface area contributed by atoms with E-state index >= 15 is 0 Å². The molecule has 0 aliphatic carbocycles. The fourth-order valence-corrected chi connectivity index (χ4v) is 4.23. The Morgan fingerprint density at radius 3 is 1.87 bits per heavy atom. The lowest BCUT2D eigenvalue weighted by molar-refractivity contribution is 0.0329. The highest BCUT2D eigenvalue weighted by molar-refractivity contribution is 5.16. The van der Waals surface area contributed by atoms with Gasteiger partial charge in [-0.05, 0) is 23.1 Å². The minimum atomic E-state index is 0.512. The van der Waals surface area contributed by atoms with Gasteiger partial charge in [-0.3, -0.25) is 9.80 Å². The van der Waals surface area contributed by atoms with E-state index in [1.54, 1.807) is 0 Å². The Morgan fingerprint density at radius 1 is 0.667 bits per heavy atom. The zero-order valence-electron chi connectivity index (χ0n) is 17.7. The highest BCUT2D eigenvalue weighted by atomic mass is 16.5. The van der Waals surface area contributed by atoms with E-state index in [0.717, 1.165) is 45.8 Å². The molecule has 3 nitrogen and oxygen atoms in total. The highest BCUT2D eigenvalue weighted by Gasteiger charge is 2.26. The van der Waals surface area contributed by atoms with Crippen LogP contribution in [-0.4, -0.2) is 42.1 Å². The van der Waals surface area contributed by atoms with E-state index in [0.29, 0.717) is 12.6 Å². The second kappa shape index (κ2) is 11.1. The Bertz CT molecular complexity index is 854. The van der Waals surface area contributed by atoms with E-state index in [4.69, 9.17) is 4.74 Å². The summed E-state index contributed by atoms with van der Waals surface area (Å²) in [6.45, 7) is 6.85. The standard InChI is InChI=1S/C27H32N2O/c1-4-10-24(11-5-1)20-28-17-18-29(21-25-12-6-2-7-13-25)27(22-28)16-19-30-23-26-14-8-3-9-15-26/h1-15,27H,16-23H2. The summed E-state index contributed by atoms with van der Waals surface area (Å²) in [5, 5.41) is 0. The van der Waals surface area contributed by atoms with Gasteiger partial charge in [-0.15, -0.1) is 0 Å². The van der Waals surface area contributed by atoms with Crippen LogP contribution >= 0.6 is 0 Å². The van der Waals surface area contributed by atoms with Crippen LogP contribution in [0.3, 0.4) is 0 Å². The SMILES string of the molecule is c1ccc(COCCC2CN(Cc3ccccc3)CCN2Cc2ccccc2)cc1. The summed E-state index contributed by atoms with van der Waals surface area (Å²) >= 11 is 0. The van der Waals surface area contributed by atoms with Crippen molar-refractivity contribution in [3.63, 3.8) is 0 Å². The van der Waals surface area contributed by atoms with E-state index in [9.17, 15) is 0 Å². The normalized spacial score (nSPS) is 17.8. The maximum Gasteiger partial charge on any atom is 0.0716 e. The number of ether oxygens (including phenoxy) is 1. The van der Waals surface area contributed by atoms with Crippen LogP contribution in [0.2, 0.25) is 0 Å². The molecule has 3 heteroatoms. The van der Waals surface area contributed by atoms with Gasteiger partial charge in [0.25, 0.3) is 0 Å². The third-order valence-corrected chi connectivity index (χ3v) is 5.87. The first-order chi connectivity index (χ1) is 14.9. The lowest BCUT2D eigenvalue weighted by Crippen LogP contribution is -2.52. The van der Waals surface area contributed by atoms with Crippen molar-refractivity contribution in [2.45, 2.75) is 32.2 Å². The molecule has 1 aliphatic heterocycles. The largest absolute Gasteiger partial charge is 0.377 e. The van der Waals surface area contributed by atoms with Crippen LogP contribution in [0, 0.1) is 0 Å². The van der Waals surface area contributed by atoms with Gasteiger partial charge in [0, 0.05) is 45.4 Å². The van der Waals surface area contributed by atoms with Crippen LogP contribution in [0.15, 0.2) is 91.0 Å². The van der Waals surface area contributed by atoms with Crippen molar-refractivity contribution in [1.82, 2.24) is 9.80 Å². The Hall–Kier alpha value is -2.46. The maximum atomic E-state index is 6.03. The first-order valence-electron chi connectivity index (χ1n) is 11.0. The molecule has 3 aromatic carbocycles. The molecule has 0 spiro atoms. The minimum absolute atomic E-state index is 0.512. The smallest absolute Gasteiger partial charge is 0.0716 e. The molecule has 0 amide bonds. The molecule has 1 unspecified atom stereocenters. The van der Waals surface area contributed by atoms with Gasteiger partial charge in [-0.25, -0.2) is 0 Å². The fourth-order valence-electron chi connectivity index (χ4n) is 4.23. The lowest BCUT2D eigenvalue weighted by Gasteiger charge is -2.41. The molecule has 1 fully saturated rings. The molecule has 0 aromatic heterocycles. The van der Waals surface area contributed by atoms with Crippen molar-refractivity contribution < 1.29 is 4.74 Å². The predicted molar refractivity (Wildman–Crippen MR) is 123 cm³/mol. The Morgan fingerprint density at radius 2 is 1.23 bits per heavy atom. The molecule has 1 aliphatic rings. The van der Waals surface area contributed by atoms with Gasteiger partial charge in [-0.1, -0.05) is 91.0 Å². The first-order valence-corrected chi connectivity index (χ1v) is 11.0. The molecule has 4 rings (SSSR count). The Labute approximate surface area is 180 Å². The van der Waals surface area contributed by atoms with Crippen molar-refractivity contribution in [2.24, 2.45) is 0 Å². The molecule has 30 heavy (non-hydrogen) atoms. The van der Waals surface area contributed by atoms with Gasteiger partial charge >= 0.3 is 0 Å². The summed E-state index contributed by atoms with van der Waals surface area (Å²) in [5.74, 6) is 0. The van der Waals surface area contributed by atoms with Crippen LogP contribution in [0.4, 0.5) is 0 Å². The quantitative estimate of drug-likeness (QED) is 0.471. The van der Waals surface area contributed by atoms with Crippen LogP contribution in [0.1, 0.15) is 23.1 Å². The molecule has 1 heterocycles. The number of rotatable bonds is 9. The van der Waals surface area contributed by atoms with E-state index in [1.165, 1.54) is 16.7 Å². The topological polar surface area (TPSA) is 15.7 Å². The van der Waals surface area contributed by atoms with Gasteiger partial charge in [0.05, 0.1) is 6.61 Å². The Kier molecular flexibility index (Phi) is 7.68. The number of nitrogens with zero attached hydrogens (tertiary/aromatic N) is 2. The van der Waals surface area contributed by atoms with Crippen molar-refractivity contribution in [3.05, 3.63) is 108 Å². The zero-order chi connectivity index (χ0) is 20.4. The van der Waals surface area contributed by atoms with Crippen molar-refractivity contribution in [1.29, 1.82) is 0 Å². The van der Waals surface area contributed by atoms with E-state index in [1.807, 2.05) is 6.07 Å². The summed E-state index contributed by atoms with van der Waals surface area (Å²) in [4.78, 5) is 5.24. The number of benzene rings is 3. The summed E-state index contributed by atoms with van der Waals surface area (Å²) < 4.78 is 6.03. The molecule has 1 saturated heterocycles. The number of piperazine rings is 1. The highest BCUT2D eigenvalue weighted by Crippen LogP contribution is 2.19. The minimum Gasteiger partial charge on any atom is -0.377 e. The monoisotopic (exact) mass is 400 g/mol. The van der Waals surface area contributed by atoms with Gasteiger partial charge in [-0.2, -0.15) is 0 Å². The van der Waals surface area contributed by atoms with Crippen molar-refractivity contribution >= 4 is 0 Å². The summed E-state index contributed by atoms with van der Waals surface area (Å²) in [7, 11) is 0. The molecule has 156 valence electrons. The van der Waals surface area contributed by atoms with Gasteiger partial charge in [0.15, 0.2) is 0 Å². The average Bonchev–Trinajstić information content (AvgIpc) is 2.80. The molecular formula is C27H32N2O. The predicted octanol–water partition coefficient (Wildman–Crippen LogP) is 4.98. The van der Waals surface area contributed by atoms with Gasteiger partial charge in [0.1, 0.15) is 0 Å². The van der Waals surface area contributed by atoms with Crippen LogP contribution < -0.4 is 0 Å². The van der Waals surface area contributed by atoms with E-state index in [-0.39, 0.29) is 0 Å². The average molecular weight is 401 g/mol. The number of hydrogen-bond donors (Lipinski definition) is 0. The maximum absolute atomic E-state index is 6.03. The second-order valence-electron chi connectivity index (χ2n) is 8.16. The fraction of sp³-hybridized carbons (Fsp3) is 0.333. The summed E-state index contributed by atoms with van der Waals surface area (Å²) in [6, 6.07) is 32.6. The van der Waals surface area contributed by atoms with Crippen molar-refractivity contribution in [3.8, 4) is 0 Å². The first kappa shape index (κ1) is 20.8. The molecule has 1 atom stereocenters. The molecular weight excluding hydrogens is 368 g/mol. The van der Waals surface area contributed by atoms with Gasteiger partial charge < -0.3 is 4.74 Å². The molecule has 0 saturated carbocycles. The molecule has 0 N–H and O–H groups in total. The summed E-state index contributed by atoms with van der Waals surface area (Å²) in [5.41, 5.74) is 4.03. The molecule has 0 radical (unpaired) electrons. The third kappa shape index (κ3) is 6.27. The molecule has 0 bridgehead atoms. The van der Waals surface area contributed by atoms with Gasteiger partial charge in [0.2, 0.25) is 0 Å². The Balaban J connectivity index is 1.34. The van der Waals surface area contributed by atoms with Crippen molar-refractivity contribution in [2.75, 3.05) is 26.2 Å². The van der Waals surface area contributed by atoms with Crippen LogP contribution in [0.5, 0.6) is 0 Å².